The number of piperidine rings is 1. The van der Waals surface area contributed by atoms with Crippen LogP contribution in [0, 0.1) is 5.92 Å². The van der Waals surface area contributed by atoms with Crippen molar-refractivity contribution in [3.63, 3.8) is 0 Å². The van der Waals surface area contributed by atoms with Crippen LogP contribution in [0.25, 0.3) is 0 Å². The predicted octanol–water partition coefficient (Wildman–Crippen LogP) is 3.57. The molecular weight excluding hydrogens is 310 g/mol. The first-order valence-electron chi connectivity index (χ1n) is 10.2. The van der Waals surface area contributed by atoms with Crippen LogP contribution in [0.2, 0.25) is 0 Å². The number of hydrogen-bond donors (Lipinski definition) is 0. The molecule has 140 valence electrons. The van der Waals surface area contributed by atoms with Gasteiger partial charge in [-0.3, -0.25) is 14.8 Å². The van der Waals surface area contributed by atoms with Gasteiger partial charge in [0.15, 0.2) is 0 Å². The minimum absolute atomic E-state index is 0.457. The second kappa shape index (κ2) is 9.65. The average Bonchev–Trinajstić information content (AvgIpc) is 2.63. The van der Waals surface area contributed by atoms with Crippen molar-refractivity contribution in [3.05, 3.63) is 30.1 Å². The Morgan fingerprint density at radius 1 is 1.20 bits per heavy atom. The number of rotatable bonds is 7. The number of morpholine rings is 1. The minimum Gasteiger partial charge on any atom is -0.376 e. The molecule has 4 heteroatoms. The second-order valence-electron chi connectivity index (χ2n) is 8.14. The van der Waals surface area contributed by atoms with E-state index in [4.69, 9.17) is 4.74 Å². The Bertz CT molecular complexity index is 485. The van der Waals surface area contributed by atoms with Gasteiger partial charge >= 0.3 is 0 Å². The molecule has 1 atom stereocenters. The van der Waals surface area contributed by atoms with Crippen molar-refractivity contribution in [3.8, 4) is 0 Å². The van der Waals surface area contributed by atoms with E-state index in [0.29, 0.717) is 6.10 Å². The van der Waals surface area contributed by atoms with Crippen LogP contribution in [0.5, 0.6) is 0 Å². The van der Waals surface area contributed by atoms with Crippen LogP contribution in [0.15, 0.2) is 24.4 Å². The molecule has 2 aliphatic heterocycles. The van der Waals surface area contributed by atoms with Gasteiger partial charge in [0.05, 0.1) is 18.4 Å². The summed E-state index contributed by atoms with van der Waals surface area (Å²) in [7, 11) is 0. The summed E-state index contributed by atoms with van der Waals surface area (Å²) in [5.41, 5.74) is 1.19. The fourth-order valence-corrected chi connectivity index (χ4v) is 4.17. The van der Waals surface area contributed by atoms with Crippen molar-refractivity contribution in [1.82, 2.24) is 14.8 Å². The lowest BCUT2D eigenvalue weighted by atomic mass is 9.99. The Morgan fingerprint density at radius 3 is 2.76 bits per heavy atom. The summed E-state index contributed by atoms with van der Waals surface area (Å²) in [5.74, 6) is 0.808. The van der Waals surface area contributed by atoms with Crippen molar-refractivity contribution in [2.75, 3.05) is 32.8 Å². The highest BCUT2D eigenvalue weighted by Gasteiger charge is 2.29. The summed E-state index contributed by atoms with van der Waals surface area (Å²) in [6.45, 7) is 11.2. The van der Waals surface area contributed by atoms with Crippen molar-refractivity contribution in [2.45, 2.75) is 64.6 Å². The number of nitrogens with zero attached hydrogens (tertiary/aromatic N) is 3. The third-order valence-corrected chi connectivity index (χ3v) is 5.66. The Balaban J connectivity index is 1.40. The molecule has 0 saturated carbocycles. The molecule has 0 amide bonds. The SMILES string of the molecule is CC(C)CCC[C@@H]1CN(C2CCN(Cc3ccccn3)CC2)CCO1. The molecule has 25 heavy (non-hydrogen) atoms. The van der Waals surface area contributed by atoms with Gasteiger partial charge in [-0.05, 0) is 37.3 Å². The highest BCUT2D eigenvalue weighted by molar-refractivity contribution is 5.03. The Labute approximate surface area is 153 Å². The van der Waals surface area contributed by atoms with Crippen LogP contribution in [0.3, 0.4) is 0 Å². The monoisotopic (exact) mass is 345 g/mol. The van der Waals surface area contributed by atoms with Gasteiger partial charge in [-0.15, -0.1) is 0 Å². The molecule has 1 aromatic rings. The van der Waals surface area contributed by atoms with Gasteiger partial charge in [0.25, 0.3) is 0 Å². The standard InChI is InChI=1S/C21H35N3O/c1-18(2)6-5-8-21-17-24(14-15-25-21)20-9-12-23(13-10-20)16-19-7-3-4-11-22-19/h3-4,7,11,18,20-21H,5-6,8-10,12-17H2,1-2H3/t21-/m1/s1. The van der Waals surface area contributed by atoms with Crippen molar-refractivity contribution < 1.29 is 4.74 Å². The topological polar surface area (TPSA) is 28.6 Å². The number of pyridine rings is 1. The van der Waals surface area contributed by atoms with E-state index in [0.717, 1.165) is 38.2 Å². The predicted molar refractivity (Wildman–Crippen MR) is 103 cm³/mol. The Kier molecular flexibility index (Phi) is 7.26. The van der Waals surface area contributed by atoms with Gasteiger partial charge in [0.1, 0.15) is 0 Å². The maximum atomic E-state index is 6.02. The van der Waals surface area contributed by atoms with Crippen LogP contribution in [-0.2, 0) is 11.3 Å². The maximum Gasteiger partial charge on any atom is 0.0702 e. The summed E-state index contributed by atoms with van der Waals surface area (Å²) in [6.07, 6.45) is 8.78. The lowest BCUT2D eigenvalue weighted by Crippen LogP contribution is -2.51. The van der Waals surface area contributed by atoms with E-state index < -0.39 is 0 Å². The Hall–Kier alpha value is -0.970. The van der Waals surface area contributed by atoms with Crippen molar-refractivity contribution >= 4 is 0 Å². The van der Waals surface area contributed by atoms with Gasteiger partial charge < -0.3 is 4.74 Å². The molecule has 0 radical (unpaired) electrons. The van der Waals surface area contributed by atoms with Gasteiger partial charge in [0, 0.05) is 45.0 Å². The lowest BCUT2D eigenvalue weighted by Gasteiger charge is -2.42. The molecule has 1 aromatic heterocycles. The number of hydrogen-bond acceptors (Lipinski definition) is 4. The summed E-state index contributed by atoms with van der Waals surface area (Å²) in [4.78, 5) is 9.73. The van der Waals surface area contributed by atoms with Gasteiger partial charge in [-0.25, -0.2) is 0 Å². The van der Waals surface area contributed by atoms with Crippen LogP contribution in [0.1, 0.15) is 51.6 Å². The zero-order valence-corrected chi connectivity index (χ0v) is 16.1. The van der Waals surface area contributed by atoms with Gasteiger partial charge in [-0.2, -0.15) is 0 Å². The molecule has 2 aliphatic rings. The van der Waals surface area contributed by atoms with Crippen molar-refractivity contribution in [1.29, 1.82) is 0 Å². The fraction of sp³-hybridized carbons (Fsp3) is 0.762. The molecule has 0 spiro atoms. The molecular formula is C21H35N3O. The lowest BCUT2D eigenvalue weighted by molar-refractivity contribution is -0.0559. The summed E-state index contributed by atoms with van der Waals surface area (Å²) in [5, 5.41) is 0. The maximum absolute atomic E-state index is 6.02. The number of likely N-dealkylation sites (tertiary alicyclic amines) is 1. The molecule has 0 aliphatic carbocycles. The average molecular weight is 346 g/mol. The molecule has 2 fully saturated rings. The fourth-order valence-electron chi connectivity index (χ4n) is 4.17. The van der Waals surface area contributed by atoms with Gasteiger partial charge in [0.2, 0.25) is 0 Å². The summed E-state index contributed by atoms with van der Waals surface area (Å²) < 4.78 is 6.02. The van der Waals surface area contributed by atoms with E-state index >= 15 is 0 Å². The third kappa shape index (κ3) is 6.05. The van der Waals surface area contributed by atoms with Crippen LogP contribution >= 0.6 is 0 Å². The first kappa shape index (κ1) is 18.8. The Morgan fingerprint density at radius 2 is 2.04 bits per heavy atom. The smallest absolute Gasteiger partial charge is 0.0702 e. The number of ether oxygens (including phenoxy) is 1. The van der Waals surface area contributed by atoms with E-state index in [1.165, 1.54) is 50.9 Å². The normalized spacial score (nSPS) is 24.0. The molecule has 3 rings (SSSR count). The molecule has 2 saturated heterocycles. The largest absolute Gasteiger partial charge is 0.376 e. The summed E-state index contributed by atoms with van der Waals surface area (Å²) >= 11 is 0. The second-order valence-corrected chi connectivity index (χ2v) is 8.14. The third-order valence-electron chi connectivity index (χ3n) is 5.66. The van der Waals surface area contributed by atoms with Gasteiger partial charge in [-0.1, -0.05) is 32.8 Å². The summed E-state index contributed by atoms with van der Waals surface area (Å²) in [6, 6.07) is 6.96. The molecule has 3 heterocycles. The molecule has 0 unspecified atom stereocenters. The van der Waals surface area contributed by atoms with Crippen LogP contribution < -0.4 is 0 Å². The van der Waals surface area contributed by atoms with Crippen LogP contribution in [-0.4, -0.2) is 59.7 Å². The quantitative estimate of drug-likeness (QED) is 0.755. The highest BCUT2D eigenvalue weighted by atomic mass is 16.5. The molecule has 0 bridgehead atoms. The first-order chi connectivity index (χ1) is 12.2. The molecule has 0 aromatic carbocycles. The van der Waals surface area contributed by atoms with E-state index in [2.05, 4.69) is 40.8 Å². The van der Waals surface area contributed by atoms with E-state index in [1.807, 2.05) is 12.3 Å². The minimum atomic E-state index is 0.457. The van der Waals surface area contributed by atoms with Crippen molar-refractivity contribution in [2.24, 2.45) is 5.92 Å². The van der Waals surface area contributed by atoms with E-state index in [-0.39, 0.29) is 0 Å². The highest BCUT2D eigenvalue weighted by Crippen LogP contribution is 2.22. The van der Waals surface area contributed by atoms with E-state index in [1.54, 1.807) is 0 Å². The number of aromatic nitrogens is 1. The molecule has 4 nitrogen and oxygen atoms in total. The molecule has 0 N–H and O–H groups in total. The van der Waals surface area contributed by atoms with E-state index in [9.17, 15) is 0 Å². The zero-order chi connectivity index (χ0) is 17.5. The van der Waals surface area contributed by atoms with Crippen LogP contribution in [0.4, 0.5) is 0 Å². The zero-order valence-electron chi connectivity index (χ0n) is 16.1. The first-order valence-corrected chi connectivity index (χ1v) is 10.2.